The summed E-state index contributed by atoms with van der Waals surface area (Å²) < 4.78 is 9.04. The average molecular weight is 200 g/mol. The molecule has 0 spiro atoms. The largest absolute Gasteiger partial charge is 1.00 e. The van der Waals surface area contributed by atoms with Crippen LogP contribution in [0.4, 0.5) is 0 Å². The summed E-state index contributed by atoms with van der Waals surface area (Å²) in [6.45, 7) is 3.95. The fourth-order valence-electron chi connectivity index (χ4n) is 0.542. The van der Waals surface area contributed by atoms with Crippen molar-refractivity contribution >= 4 is 11.9 Å². The van der Waals surface area contributed by atoms with Crippen LogP contribution in [0.5, 0.6) is 0 Å². The van der Waals surface area contributed by atoms with E-state index in [0.717, 1.165) is 0 Å². The molecule has 0 aliphatic rings. The van der Waals surface area contributed by atoms with Gasteiger partial charge >= 0.3 is 63.3 Å². The average Bonchev–Trinajstić information content (AvgIpc) is 1.87. The van der Waals surface area contributed by atoms with Gasteiger partial charge in [0.1, 0.15) is 6.42 Å². The molecule has 4 nitrogen and oxygen atoms in total. The van der Waals surface area contributed by atoms with E-state index in [4.69, 9.17) is 0 Å². The molecule has 0 aliphatic heterocycles. The Morgan fingerprint density at radius 2 is 1.42 bits per heavy atom. The molecule has 0 aromatic rings. The smallest absolute Gasteiger partial charge is 1.00 e. The van der Waals surface area contributed by atoms with Gasteiger partial charge in [0.25, 0.3) is 0 Å². The fraction of sp³-hybridized carbons (Fsp3) is 0.714. The van der Waals surface area contributed by atoms with Crippen LogP contribution in [-0.2, 0) is 19.1 Å². The first-order valence-electron chi connectivity index (χ1n) is 3.52. The molecule has 0 saturated carbocycles. The summed E-state index contributed by atoms with van der Waals surface area (Å²) in [5, 5.41) is 0. The number of ether oxygens (including phenoxy) is 2. The summed E-state index contributed by atoms with van der Waals surface area (Å²) >= 11 is 0. The Hall–Kier alpha value is 0.576. The molecule has 0 fully saturated rings. The topological polar surface area (TPSA) is 52.6 Å². The van der Waals surface area contributed by atoms with Gasteiger partial charge < -0.3 is 10.9 Å². The van der Waals surface area contributed by atoms with Crippen LogP contribution < -0.4 is 51.4 Å². The third-order valence-electron chi connectivity index (χ3n) is 0.899. The Bertz CT molecular complexity index is 135. The van der Waals surface area contributed by atoms with Gasteiger partial charge in [0, 0.05) is 0 Å². The molecule has 0 rings (SSSR count). The molecule has 12 heavy (non-hydrogen) atoms. The quantitative estimate of drug-likeness (QED) is 0.289. The van der Waals surface area contributed by atoms with Gasteiger partial charge in [-0.05, 0) is 13.8 Å². The third kappa shape index (κ3) is 8.67. The van der Waals surface area contributed by atoms with Crippen molar-refractivity contribution in [3.63, 3.8) is 0 Å². The number of hydrogen-bond acceptors (Lipinski definition) is 4. The Kier molecular flexibility index (Phi) is 12.1. The van der Waals surface area contributed by atoms with E-state index in [1.54, 1.807) is 13.8 Å². The van der Waals surface area contributed by atoms with Gasteiger partial charge in [-0.15, -0.1) is 0 Å². The first-order chi connectivity index (χ1) is 5.20. The van der Waals surface area contributed by atoms with Crippen LogP contribution in [0.3, 0.4) is 0 Å². The van der Waals surface area contributed by atoms with Crippen molar-refractivity contribution in [2.24, 2.45) is 0 Å². The van der Waals surface area contributed by atoms with Crippen molar-refractivity contribution in [1.29, 1.82) is 0 Å². The molecule has 0 heterocycles. The van der Waals surface area contributed by atoms with Crippen molar-refractivity contribution in [2.75, 3.05) is 13.2 Å². The number of carbonyl (C=O) groups excluding carboxylic acids is 2. The summed E-state index contributed by atoms with van der Waals surface area (Å²) in [5.74, 6) is -1.07. The summed E-state index contributed by atoms with van der Waals surface area (Å²) in [6, 6.07) is 0. The standard InChI is InChI=1S/C7H12O4.K.H/c1-3-10-6(8)5-7(9)11-4-2;;/h3-5H2,1-2H3;;/q;+1;-1. The van der Waals surface area contributed by atoms with Gasteiger partial charge in [-0.3, -0.25) is 9.59 Å². The summed E-state index contributed by atoms with van der Waals surface area (Å²) in [7, 11) is 0. The Morgan fingerprint density at radius 1 is 1.08 bits per heavy atom. The molecule has 0 saturated heterocycles. The molecule has 0 aliphatic carbocycles. The monoisotopic (exact) mass is 200 g/mol. The summed E-state index contributed by atoms with van der Waals surface area (Å²) in [5.41, 5.74) is 0. The van der Waals surface area contributed by atoms with E-state index in [1.165, 1.54) is 0 Å². The van der Waals surface area contributed by atoms with Crippen molar-refractivity contribution < 1.29 is 71.9 Å². The van der Waals surface area contributed by atoms with E-state index < -0.39 is 11.9 Å². The number of rotatable bonds is 4. The first kappa shape index (κ1) is 15.1. The second-order valence-electron chi connectivity index (χ2n) is 1.79. The van der Waals surface area contributed by atoms with E-state index in [0.29, 0.717) is 0 Å². The summed E-state index contributed by atoms with van der Waals surface area (Å²) in [4.78, 5) is 21.2. The molecule has 66 valence electrons. The van der Waals surface area contributed by atoms with Gasteiger partial charge in [-0.25, -0.2) is 0 Å². The number of carbonyl (C=O) groups is 2. The van der Waals surface area contributed by atoms with Gasteiger partial charge in [-0.1, -0.05) is 0 Å². The van der Waals surface area contributed by atoms with Crippen molar-refractivity contribution in [2.45, 2.75) is 20.3 Å². The number of hydrogen-bond donors (Lipinski definition) is 0. The van der Waals surface area contributed by atoms with Crippen LogP contribution in [0.25, 0.3) is 0 Å². The zero-order valence-corrected chi connectivity index (χ0v) is 10.9. The van der Waals surface area contributed by atoms with Crippen LogP contribution in [-0.4, -0.2) is 25.2 Å². The zero-order chi connectivity index (χ0) is 8.69. The van der Waals surface area contributed by atoms with Gasteiger partial charge in [0.2, 0.25) is 0 Å². The van der Waals surface area contributed by atoms with Crippen molar-refractivity contribution in [3.05, 3.63) is 0 Å². The van der Waals surface area contributed by atoms with Gasteiger partial charge in [0.15, 0.2) is 0 Å². The second kappa shape index (κ2) is 9.66. The fourth-order valence-corrected chi connectivity index (χ4v) is 0.542. The Labute approximate surface area is 116 Å². The molecule has 0 bridgehead atoms. The number of esters is 2. The SMILES string of the molecule is CCOC(=O)CC(=O)OCC.[H-].[K+]. The molecule has 0 unspecified atom stereocenters. The van der Waals surface area contributed by atoms with E-state index in [9.17, 15) is 9.59 Å². The molecule has 0 radical (unpaired) electrons. The van der Waals surface area contributed by atoms with Gasteiger partial charge in [-0.2, -0.15) is 0 Å². The van der Waals surface area contributed by atoms with E-state index in [-0.39, 0.29) is 72.4 Å². The minimum absolute atomic E-state index is 0. The normalized spacial score (nSPS) is 8.17. The predicted octanol–water partition coefficient (Wildman–Crippen LogP) is -2.38. The molecule has 0 atom stereocenters. The van der Waals surface area contributed by atoms with Crippen LogP contribution in [0.15, 0.2) is 0 Å². The van der Waals surface area contributed by atoms with Crippen LogP contribution in [0.2, 0.25) is 0 Å². The molecule has 0 aromatic heterocycles. The molecular formula is C7H13KO4. The second-order valence-corrected chi connectivity index (χ2v) is 1.79. The minimum Gasteiger partial charge on any atom is -1.00 e. The molecule has 0 aromatic carbocycles. The Morgan fingerprint density at radius 3 is 1.67 bits per heavy atom. The van der Waals surface area contributed by atoms with E-state index in [2.05, 4.69) is 9.47 Å². The molecule has 0 N–H and O–H groups in total. The van der Waals surface area contributed by atoms with E-state index in [1.807, 2.05) is 0 Å². The summed E-state index contributed by atoms with van der Waals surface area (Å²) in [6.07, 6.45) is -0.290. The maximum atomic E-state index is 10.6. The maximum absolute atomic E-state index is 10.6. The minimum atomic E-state index is -0.536. The van der Waals surface area contributed by atoms with Crippen LogP contribution in [0.1, 0.15) is 21.7 Å². The van der Waals surface area contributed by atoms with Gasteiger partial charge in [0.05, 0.1) is 13.2 Å². The predicted molar refractivity (Wildman–Crippen MR) is 39.0 cm³/mol. The molecule has 5 heteroatoms. The molecular weight excluding hydrogens is 187 g/mol. The zero-order valence-electron chi connectivity index (χ0n) is 8.75. The van der Waals surface area contributed by atoms with Crippen LogP contribution >= 0.6 is 0 Å². The van der Waals surface area contributed by atoms with Crippen molar-refractivity contribution in [3.8, 4) is 0 Å². The third-order valence-corrected chi connectivity index (χ3v) is 0.899. The Balaban J connectivity index is -0.000000500. The molecule has 0 amide bonds. The maximum Gasteiger partial charge on any atom is 1.00 e. The van der Waals surface area contributed by atoms with Crippen molar-refractivity contribution in [1.82, 2.24) is 0 Å². The van der Waals surface area contributed by atoms with Crippen LogP contribution in [0, 0.1) is 0 Å². The van der Waals surface area contributed by atoms with E-state index >= 15 is 0 Å². The first-order valence-corrected chi connectivity index (χ1v) is 3.52.